The second-order valence-electron chi connectivity index (χ2n) is 9.79. The molecule has 3 nitrogen and oxygen atoms in total. The maximum atomic E-state index is 10.6. The lowest BCUT2D eigenvalue weighted by Gasteiger charge is -2.31. The van der Waals surface area contributed by atoms with E-state index in [9.17, 15) is 5.11 Å². The Hall–Kier alpha value is -0.560. The highest BCUT2D eigenvalue weighted by atomic mass is 16.7. The molecular weight excluding hydrogens is 324 g/mol. The number of aliphatic hydroxyl groups is 1. The van der Waals surface area contributed by atoms with E-state index < -0.39 is 5.79 Å². The molecule has 0 saturated carbocycles. The summed E-state index contributed by atoms with van der Waals surface area (Å²) in [6.07, 6.45) is 16.1. The number of ether oxygens (including phenoxy) is 2. The first-order valence-corrected chi connectivity index (χ1v) is 10.6. The third-order valence-corrected chi connectivity index (χ3v) is 6.53. The highest BCUT2D eigenvalue weighted by Crippen LogP contribution is 2.51. The fraction of sp³-hybridized carbons (Fsp3) is 0.913. The molecule has 0 aromatic heterocycles. The van der Waals surface area contributed by atoms with E-state index in [0.29, 0.717) is 30.3 Å². The van der Waals surface area contributed by atoms with Crippen LogP contribution >= 0.6 is 0 Å². The molecule has 2 aliphatic rings. The molecule has 150 valence electrons. The molecule has 26 heavy (non-hydrogen) atoms. The van der Waals surface area contributed by atoms with Gasteiger partial charge in [0.15, 0.2) is 5.79 Å². The van der Waals surface area contributed by atoms with E-state index in [4.69, 9.17) is 15.9 Å². The van der Waals surface area contributed by atoms with Gasteiger partial charge in [0.25, 0.3) is 0 Å². The molecule has 4 unspecified atom stereocenters. The highest BCUT2D eigenvalue weighted by Gasteiger charge is 2.65. The van der Waals surface area contributed by atoms with Gasteiger partial charge in [-0.1, -0.05) is 33.6 Å². The van der Waals surface area contributed by atoms with Gasteiger partial charge in [0.2, 0.25) is 0 Å². The van der Waals surface area contributed by atoms with Crippen LogP contribution in [0, 0.1) is 29.6 Å². The fourth-order valence-corrected chi connectivity index (χ4v) is 4.82. The molecule has 3 heteroatoms. The highest BCUT2D eigenvalue weighted by molar-refractivity contribution is 5.05. The van der Waals surface area contributed by atoms with Crippen LogP contribution in [0.15, 0.2) is 0 Å². The van der Waals surface area contributed by atoms with Crippen LogP contribution in [0.2, 0.25) is 0 Å². The molecule has 0 aromatic carbocycles. The number of hydrogen-bond acceptors (Lipinski definition) is 3. The van der Waals surface area contributed by atoms with E-state index in [1.165, 1.54) is 25.7 Å². The van der Waals surface area contributed by atoms with E-state index in [-0.39, 0.29) is 5.60 Å². The summed E-state index contributed by atoms with van der Waals surface area (Å²) in [5, 5.41) is 10.6. The van der Waals surface area contributed by atoms with Gasteiger partial charge in [-0.3, -0.25) is 0 Å². The van der Waals surface area contributed by atoms with Gasteiger partial charge in [0.1, 0.15) is 5.60 Å². The van der Waals surface area contributed by atoms with E-state index in [1.54, 1.807) is 0 Å². The SMILES string of the molecule is C#CCCC1CC(C)CCCC2(C)OC2(O)CCOCCCC(C)(C)C1. The van der Waals surface area contributed by atoms with Crippen molar-refractivity contribution in [1.29, 1.82) is 0 Å². The van der Waals surface area contributed by atoms with Gasteiger partial charge < -0.3 is 14.6 Å². The third-order valence-electron chi connectivity index (χ3n) is 6.53. The second-order valence-corrected chi connectivity index (χ2v) is 9.79. The van der Waals surface area contributed by atoms with Gasteiger partial charge in [0, 0.05) is 19.4 Å². The topological polar surface area (TPSA) is 42.0 Å². The van der Waals surface area contributed by atoms with Crippen molar-refractivity contribution in [2.75, 3.05) is 13.2 Å². The van der Waals surface area contributed by atoms with Gasteiger partial charge in [-0.15, -0.1) is 12.3 Å². The van der Waals surface area contributed by atoms with E-state index in [2.05, 4.69) is 26.7 Å². The molecule has 0 amide bonds. The molecule has 0 aliphatic carbocycles. The summed E-state index contributed by atoms with van der Waals surface area (Å²) in [4.78, 5) is 0. The Morgan fingerprint density at radius 3 is 2.62 bits per heavy atom. The van der Waals surface area contributed by atoms with Crippen molar-refractivity contribution in [1.82, 2.24) is 0 Å². The summed E-state index contributed by atoms with van der Waals surface area (Å²) >= 11 is 0. The van der Waals surface area contributed by atoms with Crippen molar-refractivity contribution in [3.05, 3.63) is 0 Å². The van der Waals surface area contributed by atoms with Crippen molar-refractivity contribution in [2.45, 2.75) is 103 Å². The molecule has 4 atom stereocenters. The quantitative estimate of drug-likeness (QED) is 0.533. The minimum atomic E-state index is -0.970. The minimum Gasteiger partial charge on any atom is -0.381 e. The van der Waals surface area contributed by atoms with Crippen LogP contribution in [-0.2, 0) is 9.47 Å². The average molecular weight is 365 g/mol. The summed E-state index contributed by atoms with van der Waals surface area (Å²) in [7, 11) is 0. The maximum Gasteiger partial charge on any atom is 0.198 e. The Labute approximate surface area is 161 Å². The Bertz CT molecular complexity index is 480. The van der Waals surface area contributed by atoms with Crippen molar-refractivity contribution < 1.29 is 14.6 Å². The summed E-state index contributed by atoms with van der Waals surface area (Å²) < 4.78 is 11.5. The Kier molecular flexibility index (Phi) is 7.60. The summed E-state index contributed by atoms with van der Waals surface area (Å²) in [6, 6.07) is 0. The Balaban J connectivity index is 1.97. The van der Waals surface area contributed by atoms with Crippen molar-refractivity contribution in [2.24, 2.45) is 17.3 Å². The van der Waals surface area contributed by atoms with Crippen molar-refractivity contribution >= 4 is 0 Å². The molecule has 0 aromatic rings. The van der Waals surface area contributed by atoms with Gasteiger partial charge in [0.05, 0.1) is 6.61 Å². The largest absolute Gasteiger partial charge is 0.381 e. The number of epoxide rings is 1. The molecule has 2 heterocycles. The van der Waals surface area contributed by atoms with E-state index >= 15 is 0 Å². The van der Waals surface area contributed by atoms with Crippen LogP contribution in [0.3, 0.4) is 0 Å². The van der Waals surface area contributed by atoms with Crippen LogP contribution in [0.4, 0.5) is 0 Å². The monoisotopic (exact) mass is 364 g/mol. The molecule has 1 N–H and O–H groups in total. The number of fused-ring (bicyclic) bond motifs is 1. The number of hydrogen-bond donors (Lipinski definition) is 1. The maximum absolute atomic E-state index is 10.6. The fourth-order valence-electron chi connectivity index (χ4n) is 4.82. The predicted molar refractivity (Wildman–Crippen MR) is 107 cm³/mol. The zero-order valence-corrected chi connectivity index (χ0v) is 17.5. The minimum absolute atomic E-state index is 0.329. The third kappa shape index (κ3) is 6.25. The lowest BCUT2D eigenvalue weighted by Crippen LogP contribution is -2.25. The standard InChI is InChI=1S/C23H40O3/c1-6-7-11-20-17-19(2)10-8-13-22(5)23(24,26-22)14-16-25-15-9-12-21(3,4)18-20/h1,19-20,24H,7-18H2,2-5H3. The Morgan fingerprint density at radius 1 is 1.12 bits per heavy atom. The zero-order chi connectivity index (χ0) is 19.3. The van der Waals surface area contributed by atoms with Crippen LogP contribution in [0.25, 0.3) is 0 Å². The summed E-state index contributed by atoms with van der Waals surface area (Å²) in [6.45, 7) is 10.5. The smallest absolute Gasteiger partial charge is 0.198 e. The van der Waals surface area contributed by atoms with Crippen LogP contribution in [-0.4, -0.2) is 29.7 Å². The zero-order valence-electron chi connectivity index (χ0n) is 17.5. The lowest BCUT2D eigenvalue weighted by molar-refractivity contribution is -0.00237. The van der Waals surface area contributed by atoms with Crippen molar-refractivity contribution in [3.63, 3.8) is 0 Å². The molecule has 2 aliphatic heterocycles. The van der Waals surface area contributed by atoms with Gasteiger partial charge >= 0.3 is 0 Å². The first-order valence-electron chi connectivity index (χ1n) is 10.6. The molecule has 2 fully saturated rings. The predicted octanol–water partition coefficient (Wildman–Crippen LogP) is 5.31. The Morgan fingerprint density at radius 2 is 1.88 bits per heavy atom. The normalized spacial score (nSPS) is 39.5. The second kappa shape index (κ2) is 9.09. The van der Waals surface area contributed by atoms with Crippen LogP contribution in [0.5, 0.6) is 0 Å². The van der Waals surface area contributed by atoms with Gasteiger partial charge in [-0.05, 0) is 62.7 Å². The summed E-state index contributed by atoms with van der Waals surface area (Å²) in [5.41, 5.74) is -0.0478. The molecular formula is C23H40O3. The molecule has 0 bridgehead atoms. The van der Waals surface area contributed by atoms with Crippen LogP contribution < -0.4 is 0 Å². The molecule has 0 radical (unpaired) electrons. The summed E-state index contributed by atoms with van der Waals surface area (Å²) in [5.74, 6) is 3.26. The van der Waals surface area contributed by atoms with E-state index in [0.717, 1.165) is 38.7 Å². The molecule has 0 spiro atoms. The first kappa shape index (κ1) is 21.7. The molecule has 2 rings (SSSR count). The van der Waals surface area contributed by atoms with Crippen LogP contribution in [0.1, 0.15) is 91.9 Å². The van der Waals surface area contributed by atoms with Gasteiger partial charge in [-0.2, -0.15) is 0 Å². The number of rotatable bonds is 2. The first-order chi connectivity index (χ1) is 12.2. The lowest BCUT2D eigenvalue weighted by atomic mass is 9.75. The average Bonchev–Trinajstić information content (AvgIpc) is 3.08. The van der Waals surface area contributed by atoms with E-state index in [1.807, 2.05) is 6.92 Å². The van der Waals surface area contributed by atoms with Crippen molar-refractivity contribution in [3.8, 4) is 12.3 Å². The molecule has 2 saturated heterocycles. The van der Waals surface area contributed by atoms with Gasteiger partial charge in [-0.25, -0.2) is 0 Å². The number of terminal acetylenes is 1.